The molecule has 1 amide bonds. The molecule has 2 heterocycles. The van der Waals surface area contributed by atoms with Crippen molar-refractivity contribution in [1.82, 2.24) is 15.2 Å². The molecule has 34 heavy (non-hydrogen) atoms. The fourth-order valence-electron chi connectivity index (χ4n) is 2.92. The molecule has 174 valence electrons. The number of para-hydroxylation sites is 1. The molecule has 0 saturated carbocycles. The number of nitrogens with zero attached hydrogens (tertiary/aromatic N) is 3. The van der Waals surface area contributed by atoms with Crippen molar-refractivity contribution in [3.05, 3.63) is 83.1 Å². The lowest BCUT2D eigenvalue weighted by atomic mass is 10.0. The van der Waals surface area contributed by atoms with Gasteiger partial charge in [0.1, 0.15) is 12.4 Å². The minimum atomic E-state index is -4.89. The Balaban J connectivity index is 1.50. The molecule has 0 radical (unpaired) electrons. The lowest BCUT2D eigenvalue weighted by Gasteiger charge is -2.15. The van der Waals surface area contributed by atoms with Crippen LogP contribution in [0.15, 0.2) is 67.0 Å². The third-order valence-corrected chi connectivity index (χ3v) is 5.37. The normalized spacial score (nSPS) is 11.2. The molecule has 0 unspecified atom stereocenters. The number of pyridine rings is 1. The zero-order chi connectivity index (χ0) is 24.1. The summed E-state index contributed by atoms with van der Waals surface area (Å²) in [7, 11) is 0. The summed E-state index contributed by atoms with van der Waals surface area (Å²) in [4.78, 5) is 16.8. The van der Waals surface area contributed by atoms with Gasteiger partial charge >= 0.3 is 6.36 Å². The van der Waals surface area contributed by atoms with Gasteiger partial charge in [-0.15, -0.1) is 18.3 Å². The number of hydrogen-bond acceptors (Lipinski definition) is 7. The van der Waals surface area contributed by atoms with Crippen molar-refractivity contribution in [2.75, 3.05) is 5.32 Å². The second-order valence-corrected chi connectivity index (χ2v) is 8.08. The SMILES string of the molecule is O=C(Nc1nnc(OCc2ccc(Cl)cc2)s1)c1cnccc1-c1ccccc1OC(F)(F)F. The minimum Gasteiger partial charge on any atom is -0.464 e. The molecule has 4 rings (SSSR count). The number of nitrogens with one attached hydrogen (secondary N) is 1. The van der Waals surface area contributed by atoms with E-state index in [0.29, 0.717) is 5.02 Å². The maximum absolute atomic E-state index is 12.9. The number of rotatable bonds is 7. The largest absolute Gasteiger partial charge is 0.573 e. The highest BCUT2D eigenvalue weighted by atomic mass is 35.5. The minimum absolute atomic E-state index is 0.0274. The van der Waals surface area contributed by atoms with E-state index >= 15 is 0 Å². The second-order valence-electron chi connectivity index (χ2n) is 6.71. The number of carbonyl (C=O) groups excluding carboxylic acids is 1. The highest BCUT2D eigenvalue weighted by molar-refractivity contribution is 7.17. The molecule has 7 nitrogen and oxygen atoms in total. The van der Waals surface area contributed by atoms with Gasteiger partial charge in [0.15, 0.2) is 0 Å². The standard InChI is InChI=1S/C22H14ClF3N4O3S/c23-14-7-5-13(6-8-14)12-32-21-30-29-20(34-21)28-19(31)17-11-27-10-9-15(17)16-3-1-2-4-18(16)33-22(24,25)26/h1-11H,12H2,(H,28,29,31). The Morgan fingerprint density at radius 2 is 1.79 bits per heavy atom. The Morgan fingerprint density at radius 3 is 2.56 bits per heavy atom. The summed E-state index contributed by atoms with van der Waals surface area (Å²) in [6.07, 6.45) is -2.28. The van der Waals surface area contributed by atoms with Gasteiger partial charge in [0.05, 0.1) is 5.56 Å². The summed E-state index contributed by atoms with van der Waals surface area (Å²) in [5.74, 6) is -1.07. The van der Waals surface area contributed by atoms with E-state index in [9.17, 15) is 18.0 Å². The smallest absolute Gasteiger partial charge is 0.464 e. The van der Waals surface area contributed by atoms with Gasteiger partial charge in [-0.25, -0.2) is 0 Å². The molecule has 2 aromatic heterocycles. The first-order valence-corrected chi connectivity index (χ1v) is 10.8. The number of amides is 1. The summed E-state index contributed by atoms with van der Waals surface area (Å²) in [6, 6.07) is 14.0. The topological polar surface area (TPSA) is 86.2 Å². The molecule has 0 aliphatic carbocycles. The Kier molecular flexibility index (Phi) is 6.94. The number of hydrogen-bond donors (Lipinski definition) is 1. The Morgan fingerprint density at radius 1 is 1.03 bits per heavy atom. The van der Waals surface area contributed by atoms with Crippen LogP contribution in [0.1, 0.15) is 15.9 Å². The number of aromatic nitrogens is 3. The van der Waals surface area contributed by atoms with E-state index in [1.165, 1.54) is 42.7 Å². The zero-order valence-corrected chi connectivity index (χ0v) is 18.6. The van der Waals surface area contributed by atoms with Crippen molar-refractivity contribution < 1.29 is 27.4 Å². The molecule has 2 aromatic carbocycles. The first kappa shape index (κ1) is 23.5. The van der Waals surface area contributed by atoms with Gasteiger partial charge in [-0.05, 0) is 41.2 Å². The van der Waals surface area contributed by atoms with Crippen molar-refractivity contribution in [2.24, 2.45) is 0 Å². The van der Waals surface area contributed by atoms with E-state index in [-0.39, 0.29) is 33.6 Å². The number of benzene rings is 2. The van der Waals surface area contributed by atoms with Crippen LogP contribution in [0.2, 0.25) is 5.02 Å². The molecule has 0 spiro atoms. The van der Waals surface area contributed by atoms with Crippen LogP contribution in [0, 0.1) is 0 Å². The van der Waals surface area contributed by atoms with Gasteiger partial charge in [-0.2, -0.15) is 0 Å². The molecule has 0 bridgehead atoms. The van der Waals surface area contributed by atoms with E-state index in [2.05, 4.69) is 25.2 Å². The first-order valence-electron chi connectivity index (χ1n) is 9.60. The summed E-state index contributed by atoms with van der Waals surface area (Å²) in [5.41, 5.74) is 1.18. The zero-order valence-electron chi connectivity index (χ0n) is 17.0. The van der Waals surface area contributed by atoms with Gasteiger partial charge in [0.25, 0.3) is 11.1 Å². The van der Waals surface area contributed by atoms with Crippen LogP contribution >= 0.6 is 22.9 Å². The summed E-state index contributed by atoms with van der Waals surface area (Å²) in [6.45, 7) is 0.225. The highest BCUT2D eigenvalue weighted by Gasteiger charge is 2.32. The van der Waals surface area contributed by atoms with Crippen LogP contribution in [0.5, 0.6) is 10.9 Å². The molecule has 4 aromatic rings. The lowest BCUT2D eigenvalue weighted by Crippen LogP contribution is -2.18. The van der Waals surface area contributed by atoms with Gasteiger partial charge in [-0.1, -0.05) is 47.0 Å². The third-order valence-electron chi connectivity index (χ3n) is 4.37. The molecule has 12 heteroatoms. The van der Waals surface area contributed by atoms with Crippen molar-refractivity contribution in [2.45, 2.75) is 13.0 Å². The highest BCUT2D eigenvalue weighted by Crippen LogP contribution is 2.35. The second kappa shape index (κ2) is 10.1. The molecule has 0 fully saturated rings. The molecular formula is C22H14ClF3N4O3S. The number of halogens is 4. The van der Waals surface area contributed by atoms with E-state index in [0.717, 1.165) is 16.9 Å². The fraction of sp³-hybridized carbons (Fsp3) is 0.0909. The number of ether oxygens (including phenoxy) is 2. The van der Waals surface area contributed by atoms with Crippen LogP contribution in [0.4, 0.5) is 18.3 Å². The molecule has 1 N–H and O–H groups in total. The van der Waals surface area contributed by atoms with Crippen LogP contribution in [0.25, 0.3) is 11.1 Å². The first-order chi connectivity index (χ1) is 16.3. The molecule has 0 atom stereocenters. The average Bonchev–Trinajstić information content (AvgIpc) is 3.25. The van der Waals surface area contributed by atoms with Crippen LogP contribution < -0.4 is 14.8 Å². The maximum atomic E-state index is 12.9. The van der Waals surface area contributed by atoms with Gasteiger partial charge in [-0.3, -0.25) is 15.1 Å². The van der Waals surface area contributed by atoms with Gasteiger partial charge in [0.2, 0.25) is 5.13 Å². The number of anilines is 1. The van der Waals surface area contributed by atoms with Crippen molar-refractivity contribution >= 4 is 34.0 Å². The van der Waals surface area contributed by atoms with Gasteiger partial charge in [0, 0.05) is 28.5 Å². The predicted octanol–water partition coefficient (Wildman–Crippen LogP) is 5.98. The average molecular weight is 507 g/mol. The van der Waals surface area contributed by atoms with Crippen molar-refractivity contribution in [3.63, 3.8) is 0 Å². The molecule has 0 saturated heterocycles. The van der Waals surface area contributed by atoms with E-state index in [1.807, 2.05) is 0 Å². The summed E-state index contributed by atoms with van der Waals surface area (Å²) >= 11 is 6.85. The van der Waals surface area contributed by atoms with E-state index < -0.39 is 18.0 Å². The number of carbonyl (C=O) groups is 1. The summed E-state index contributed by atoms with van der Waals surface area (Å²) < 4.78 is 48.2. The van der Waals surface area contributed by atoms with Crippen LogP contribution in [0.3, 0.4) is 0 Å². The Hall–Kier alpha value is -3.70. The lowest BCUT2D eigenvalue weighted by molar-refractivity contribution is -0.274. The van der Waals surface area contributed by atoms with Crippen LogP contribution in [-0.2, 0) is 6.61 Å². The van der Waals surface area contributed by atoms with Crippen LogP contribution in [-0.4, -0.2) is 27.5 Å². The van der Waals surface area contributed by atoms with E-state index in [1.54, 1.807) is 24.3 Å². The third kappa shape index (κ3) is 6.00. The van der Waals surface area contributed by atoms with E-state index in [4.69, 9.17) is 16.3 Å². The van der Waals surface area contributed by atoms with Crippen molar-refractivity contribution in [1.29, 1.82) is 0 Å². The van der Waals surface area contributed by atoms with Crippen molar-refractivity contribution in [3.8, 4) is 22.1 Å². The Bertz CT molecular complexity index is 1300. The summed E-state index contributed by atoms with van der Waals surface area (Å²) in [5, 5.41) is 11.3. The number of alkyl halides is 3. The molecular weight excluding hydrogens is 493 g/mol. The maximum Gasteiger partial charge on any atom is 0.573 e. The fourth-order valence-corrected chi connectivity index (χ4v) is 3.64. The monoisotopic (exact) mass is 506 g/mol. The molecule has 0 aliphatic rings. The molecule has 0 aliphatic heterocycles. The Labute approximate surface area is 200 Å². The quantitative estimate of drug-likeness (QED) is 0.332. The predicted molar refractivity (Wildman–Crippen MR) is 120 cm³/mol. The van der Waals surface area contributed by atoms with Gasteiger partial charge < -0.3 is 9.47 Å².